The predicted octanol–water partition coefficient (Wildman–Crippen LogP) is 5.07. The average Bonchev–Trinajstić information content (AvgIpc) is 3.21. The molecule has 3 heterocycles. The fraction of sp³-hybridized carbons (Fsp3) is 0.240. The largest absolute Gasteiger partial charge is 0.454 e. The lowest BCUT2D eigenvalue weighted by molar-refractivity contribution is 0.172. The van der Waals surface area contributed by atoms with Gasteiger partial charge in [0, 0.05) is 32.7 Å². The van der Waals surface area contributed by atoms with Crippen molar-refractivity contribution in [3.8, 4) is 23.0 Å². The number of hydrogen-bond donors (Lipinski definition) is 0. The van der Waals surface area contributed by atoms with Crippen molar-refractivity contribution >= 4 is 23.1 Å². The van der Waals surface area contributed by atoms with Gasteiger partial charge in [0.05, 0.1) is 10.6 Å². The van der Waals surface area contributed by atoms with Crippen LogP contribution in [0.4, 0.5) is 5.69 Å². The number of fused-ring (bicyclic) bond motifs is 3. The summed E-state index contributed by atoms with van der Waals surface area (Å²) in [6.45, 7) is 4.80. The molecular weight excluding hydrogens is 426 g/mol. The van der Waals surface area contributed by atoms with E-state index in [1.54, 1.807) is 0 Å². The third kappa shape index (κ3) is 3.55. The maximum Gasteiger partial charge on any atom is 0.231 e. The minimum atomic E-state index is 0.303. The average molecular weight is 448 g/mol. The number of nitrogens with zero attached hydrogens (tertiary/aromatic N) is 3. The molecule has 0 atom stereocenters. The van der Waals surface area contributed by atoms with Gasteiger partial charge in [-0.3, -0.25) is 4.90 Å². The quantitative estimate of drug-likeness (QED) is 0.548. The number of para-hydroxylation sites is 3. The van der Waals surface area contributed by atoms with Gasteiger partial charge >= 0.3 is 0 Å². The summed E-state index contributed by atoms with van der Waals surface area (Å²) in [6, 6.07) is 19.9. The molecule has 0 amide bonds. The summed E-state index contributed by atoms with van der Waals surface area (Å²) >= 11 is 6.51. The van der Waals surface area contributed by atoms with Gasteiger partial charge in [0.25, 0.3) is 0 Å². The molecule has 3 aromatic carbocycles. The second-order valence-electron chi connectivity index (χ2n) is 8.07. The van der Waals surface area contributed by atoms with Gasteiger partial charge in [-0.05, 0) is 42.0 Å². The van der Waals surface area contributed by atoms with Crippen LogP contribution >= 0.6 is 11.6 Å². The molecule has 0 unspecified atom stereocenters. The number of rotatable bonds is 2. The summed E-state index contributed by atoms with van der Waals surface area (Å²) in [5.41, 5.74) is 2.98. The monoisotopic (exact) mass is 447 g/mol. The molecule has 7 heteroatoms. The van der Waals surface area contributed by atoms with Crippen molar-refractivity contribution in [3.63, 3.8) is 0 Å². The first-order valence-electron chi connectivity index (χ1n) is 10.7. The van der Waals surface area contributed by atoms with Crippen molar-refractivity contribution in [2.75, 3.05) is 33.0 Å². The van der Waals surface area contributed by atoms with Gasteiger partial charge in [-0.25, -0.2) is 4.99 Å². The van der Waals surface area contributed by atoms with Crippen molar-refractivity contribution in [2.24, 2.45) is 4.99 Å². The first kappa shape index (κ1) is 19.5. The Morgan fingerprint density at radius 1 is 0.844 bits per heavy atom. The van der Waals surface area contributed by atoms with E-state index in [1.807, 2.05) is 48.5 Å². The fourth-order valence-corrected chi connectivity index (χ4v) is 4.58. The zero-order valence-corrected chi connectivity index (χ0v) is 18.2. The van der Waals surface area contributed by atoms with Gasteiger partial charge < -0.3 is 19.1 Å². The summed E-state index contributed by atoms with van der Waals surface area (Å²) in [4.78, 5) is 9.79. The Hall–Kier alpha value is -3.22. The highest BCUT2D eigenvalue weighted by Gasteiger charge is 2.27. The van der Waals surface area contributed by atoms with Crippen LogP contribution in [0.3, 0.4) is 0 Å². The maximum absolute atomic E-state index is 6.51. The van der Waals surface area contributed by atoms with E-state index in [9.17, 15) is 0 Å². The Labute approximate surface area is 191 Å². The molecule has 0 aromatic heterocycles. The molecule has 0 N–H and O–H groups in total. The Morgan fingerprint density at radius 3 is 2.59 bits per heavy atom. The number of piperazine rings is 1. The van der Waals surface area contributed by atoms with Gasteiger partial charge in [-0.15, -0.1) is 0 Å². The molecular formula is C25H22ClN3O3. The molecule has 3 aliphatic rings. The zero-order valence-electron chi connectivity index (χ0n) is 17.5. The van der Waals surface area contributed by atoms with Crippen LogP contribution < -0.4 is 14.2 Å². The van der Waals surface area contributed by atoms with E-state index in [1.165, 1.54) is 5.56 Å². The van der Waals surface area contributed by atoms with Crippen LogP contribution in [-0.2, 0) is 6.54 Å². The van der Waals surface area contributed by atoms with Crippen LogP contribution in [0.1, 0.15) is 11.1 Å². The standard InChI is InChI=1S/C25H22ClN3O3/c26-19-5-3-4-18-24(19)32-21-7-2-1-6-20(21)27-25(18)29-12-10-28(11-13-29)15-17-8-9-22-23(14-17)31-16-30-22/h1-9,14H,10-13,15-16H2. The van der Waals surface area contributed by atoms with Crippen molar-refractivity contribution in [3.05, 3.63) is 76.8 Å². The Kier molecular flexibility index (Phi) is 4.89. The van der Waals surface area contributed by atoms with E-state index in [4.69, 9.17) is 30.8 Å². The molecule has 32 heavy (non-hydrogen) atoms. The number of ether oxygens (including phenoxy) is 3. The Morgan fingerprint density at radius 2 is 1.69 bits per heavy atom. The van der Waals surface area contributed by atoms with Crippen LogP contribution in [0.5, 0.6) is 23.0 Å². The van der Waals surface area contributed by atoms with Crippen molar-refractivity contribution in [2.45, 2.75) is 6.54 Å². The third-order valence-corrected chi connectivity index (χ3v) is 6.32. The number of hydrogen-bond acceptors (Lipinski definition) is 6. The van der Waals surface area contributed by atoms with Gasteiger partial charge in [0.1, 0.15) is 11.5 Å². The second-order valence-corrected chi connectivity index (χ2v) is 8.48. The van der Waals surface area contributed by atoms with Crippen LogP contribution in [0.2, 0.25) is 5.02 Å². The fourth-order valence-electron chi connectivity index (χ4n) is 4.37. The van der Waals surface area contributed by atoms with Gasteiger partial charge in [-0.2, -0.15) is 0 Å². The highest BCUT2D eigenvalue weighted by atomic mass is 35.5. The lowest BCUT2D eigenvalue weighted by Gasteiger charge is -2.36. The highest BCUT2D eigenvalue weighted by Crippen LogP contribution is 2.41. The molecule has 3 aliphatic heterocycles. The molecule has 0 saturated carbocycles. The van der Waals surface area contributed by atoms with Gasteiger partial charge in [0.15, 0.2) is 23.0 Å². The zero-order chi connectivity index (χ0) is 21.5. The molecule has 0 spiro atoms. The predicted molar refractivity (Wildman–Crippen MR) is 124 cm³/mol. The second kappa shape index (κ2) is 8.04. The topological polar surface area (TPSA) is 46.5 Å². The highest BCUT2D eigenvalue weighted by molar-refractivity contribution is 6.33. The smallest absolute Gasteiger partial charge is 0.231 e. The van der Waals surface area contributed by atoms with Gasteiger partial charge in [-0.1, -0.05) is 35.9 Å². The molecule has 0 aliphatic carbocycles. The summed E-state index contributed by atoms with van der Waals surface area (Å²) in [6.07, 6.45) is 0. The van der Waals surface area contributed by atoms with Crippen molar-refractivity contribution in [1.82, 2.24) is 9.80 Å². The molecule has 1 fully saturated rings. The summed E-state index contributed by atoms with van der Waals surface area (Å²) in [5, 5.41) is 0.591. The summed E-state index contributed by atoms with van der Waals surface area (Å²) in [7, 11) is 0. The van der Waals surface area contributed by atoms with Crippen LogP contribution in [0.25, 0.3) is 0 Å². The third-order valence-electron chi connectivity index (χ3n) is 6.03. The minimum absolute atomic E-state index is 0.303. The number of aliphatic imine (C=N–C) groups is 1. The molecule has 0 bridgehead atoms. The number of halogens is 1. The van der Waals surface area contributed by atoms with Gasteiger partial charge in [0.2, 0.25) is 6.79 Å². The van der Waals surface area contributed by atoms with E-state index in [-0.39, 0.29) is 0 Å². The molecule has 6 rings (SSSR count). The molecule has 162 valence electrons. The SMILES string of the molecule is Clc1cccc2c1Oc1ccccc1N=C2N1CCN(Cc2ccc3c(c2)OCO3)CC1. The van der Waals surface area contributed by atoms with Crippen LogP contribution in [0, 0.1) is 0 Å². The van der Waals surface area contributed by atoms with Crippen LogP contribution in [0.15, 0.2) is 65.7 Å². The Balaban J connectivity index is 1.23. The van der Waals surface area contributed by atoms with Crippen molar-refractivity contribution < 1.29 is 14.2 Å². The van der Waals surface area contributed by atoms with Crippen LogP contribution in [-0.4, -0.2) is 48.6 Å². The first-order valence-corrected chi connectivity index (χ1v) is 11.1. The van der Waals surface area contributed by atoms with E-state index in [0.29, 0.717) is 17.6 Å². The normalized spacial score (nSPS) is 17.2. The Bertz CT molecular complexity index is 1200. The summed E-state index contributed by atoms with van der Waals surface area (Å²) < 4.78 is 17.1. The van der Waals surface area contributed by atoms with Crippen molar-refractivity contribution in [1.29, 1.82) is 0 Å². The van der Waals surface area contributed by atoms with E-state index in [0.717, 1.165) is 67.1 Å². The maximum atomic E-state index is 6.51. The lowest BCUT2D eigenvalue weighted by Crippen LogP contribution is -2.48. The number of amidine groups is 1. The molecule has 3 aromatic rings. The summed E-state index contributed by atoms with van der Waals surface area (Å²) in [5.74, 6) is 3.96. The molecule has 6 nitrogen and oxygen atoms in total. The van der Waals surface area contributed by atoms with E-state index < -0.39 is 0 Å². The van der Waals surface area contributed by atoms with E-state index in [2.05, 4.69) is 21.9 Å². The minimum Gasteiger partial charge on any atom is -0.454 e. The molecule has 1 saturated heterocycles. The number of benzene rings is 3. The lowest BCUT2D eigenvalue weighted by atomic mass is 10.1. The molecule has 0 radical (unpaired) electrons. The first-order chi connectivity index (χ1) is 15.7. The van der Waals surface area contributed by atoms with E-state index >= 15 is 0 Å².